The lowest BCUT2D eigenvalue weighted by Gasteiger charge is -2.15. The molecule has 0 N–H and O–H groups in total. The monoisotopic (exact) mass is 434 g/mol. The van der Waals surface area contributed by atoms with Crippen molar-refractivity contribution in [2.45, 2.75) is 38.7 Å². The molecule has 0 fully saturated rings. The van der Waals surface area contributed by atoms with E-state index < -0.39 is 0 Å². The molecular formula is C30H30N2O. The normalized spacial score (nSPS) is 12.4. The highest BCUT2D eigenvalue weighted by molar-refractivity contribution is 6.07. The van der Waals surface area contributed by atoms with Crippen LogP contribution in [0.5, 0.6) is 0 Å². The summed E-state index contributed by atoms with van der Waals surface area (Å²) >= 11 is 0. The number of hydrogen-bond acceptors (Lipinski definition) is 2. The lowest BCUT2D eigenvalue weighted by molar-refractivity contribution is 0.115. The molecule has 0 amide bonds. The Kier molecular flexibility index (Phi) is 6.50. The average molecular weight is 435 g/mol. The smallest absolute Gasteiger partial charge is 0.0966 e. The van der Waals surface area contributed by atoms with Gasteiger partial charge in [0.05, 0.1) is 23.2 Å². The minimum atomic E-state index is 0.438. The van der Waals surface area contributed by atoms with Crippen molar-refractivity contribution >= 4 is 21.9 Å². The minimum Gasteiger partial charge on any atom is -0.377 e. The van der Waals surface area contributed by atoms with E-state index in [0.717, 1.165) is 36.9 Å². The molecule has 2 heterocycles. The van der Waals surface area contributed by atoms with Gasteiger partial charge in [-0.05, 0) is 55.2 Å². The number of hydrogen-bond donors (Lipinski definition) is 0. The first-order valence-electron chi connectivity index (χ1n) is 11.9. The summed E-state index contributed by atoms with van der Waals surface area (Å²) in [5, 5.41) is 1.21. The second-order valence-corrected chi connectivity index (χ2v) is 8.58. The number of rotatable bonds is 9. The number of aromatic nitrogens is 2. The quantitative estimate of drug-likeness (QED) is 0.223. The molecular weight excluding hydrogens is 404 g/mol. The topological polar surface area (TPSA) is 27.1 Å². The first-order chi connectivity index (χ1) is 16.3. The predicted molar refractivity (Wildman–Crippen MR) is 137 cm³/mol. The van der Waals surface area contributed by atoms with Crippen LogP contribution >= 0.6 is 0 Å². The molecule has 1 unspecified atom stereocenters. The largest absolute Gasteiger partial charge is 0.377 e. The fraction of sp³-hybridized carbons (Fsp3) is 0.233. The molecule has 0 bridgehead atoms. The summed E-state index contributed by atoms with van der Waals surface area (Å²) in [5.74, 6) is 0.438. The molecule has 166 valence electrons. The Morgan fingerprint density at radius 2 is 1.52 bits per heavy atom. The van der Waals surface area contributed by atoms with E-state index in [2.05, 4.69) is 102 Å². The standard InChI is InChI=1S/C30H30N2O/c1-2-24(14-11-21-33-22-23-12-5-3-6-13-23)27-19-20-29-30(31-27)26-17-9-10-18-28(26)32(29)25-15-7-4-8-16-25/h3-10,12-13,15-20,24H,2,11,14,21-22H2,1H3. The Balaban J connectivity index is 1.36. The Bertz CT molecular complexity index is 1330. The first kappa shape index (κ1) is 21.4. The van der Waals surface area contributed by atoms with Crippen molar-refractivity contribution in [3.63, 3.8) is 0 Å². The van der Waals surface area contributed by atoms with Gasteiger partial charge in [-0.25, -0.2) is 0 Å². The van der Waals surface area contributed by atoms with Crippen LogP contribution in [0, 0.1) is 0 Å². The fourth-order valence-corrected chi connectivity index (χ4v) is 4.68. The highest BCUT2D eigenvalue weighted by Crippen LogP contribution is 2.33. The molecule has 1 atom stereocenters. The molecule has 0 aliphatic rings. The van der Waals surface area contributed by atoms with Gasteiger partial charge >= 0.3 is 0 Å². The van der Waals surface area contributed by atoms with Crippen molar-refractivity contribution in [3.05, 3.63) is 108 Å². The fourth-order valence-electron chi connectivity index (χ4n) is 4.68. The van der Waals surface area contributed by atoms with Gasteiger partial charge in [-0.2, -0.15) is 0 Å². The van der Waals surface area contributed by atoms with Crippen LogP contribution in [0.15, 0.2) is 97.1 Å². The molecule has 5 aromatic rings. The molecule has 0 saturated heterocycles. The van der Waals surface area contributed by atoms with E-state index in [1.807, 2.05) is 6.07 Å². The van der Waals surface area contributed by atoms with Gasteiger partial charge in [0.25, 0.3) is 0 Å². The summed E-state index contributed by atoms with van der Waals surface area (Å²) in [6.07, 6.45) is 3.20. The predicted octanol–water partition coefficient (Wildman–Crippen LogP) is 7.67. The van der Waals surface area contributed by atoms with E-state index >= 15 is 0 Å². The molecule has 0 spiro atoms. The van der Waals surface area contributed by atoms with Gasteiger partial charge in [-0.3, -0.25) is 4.98 Å². The van der Waals surface area contributed by atoms with Gasteiger partial charge in [0.1, 0.15) is 0 Å². The average Bonchev–Trinajstić information content (AvgIpc) is 3.21. The van der Waals surface area contributed by atoms with E-state index in [4.69, 9.17) is 9.72 Å². The molecule has 0 aliphatic carbocycles. The Morgan fingerprint density at radius 1 is 0.788 bits per heavy atom. The molecule has 3 nitrogen and oxygen atoms in total. The van der Waals surface area contributed by atoms with Crippen molar-refractivity contribution in [2.24, 2.45) is 0 Å². The molecule has 3 aromatic carbocycles. The van der Waals surface area contributed by atoms with Gasteiger partial charge in [-0.15, -0.1) is 0 Å². The summed E-state index contributed by atoms with van der Waals surface area (Å²) in [4.78, 5) is 5.21. The summed E-state index contributed by atoms with van der Waals surface area (Å²) in [6.45, 7) is 3.72. The van der Waals surface area contributed by atoms with Crippen molar-refractivity contribution in [2.75, 3.05) is 6.61 Å². The van der Waals surface area contributed by atoms with E-state index in [-0.39, 0.29) is 0 Å². The summed E-state index contributed by atoms with van der Waals surface area (Å²) in [6, 6.07) is 34.0. The third kappa shape index (κ3) is 4.55. The maximum absolute atomic E-state index is 5.91. The summed E-state index contributed by atoms with van der Waals surface area (Å²) in [7, 11) is 0. The zero-order chi connectivity index (χ0) is 22.5. The third-order valence-electron chi connectivity index (χ3n) is 6.41. The van der Waals surface area contributed by atoms with Gasteiger partial charge in [0, 0.05) is 29.3 Å². The number of fused-ring (bicyclic) bond motifs is 3. The van der Waals surface area contributed by atoms with Gasteiger partial charge in [0.2, 0.25) is 0 Å². The number of benzene rings is 3. The number of nitrogens with zero attached hydrogens (tertiary/aromatic N) is 2. The van der Waals surface area contributed by atoms with E-state index in [1.54, 1.807) is 0 Å². The van der Waals surface area contributed by atoms with Crippen LogP contribution in [0.1, 0.15) is 43.4 Å². The van der Waals surface area contributed by atoms with Crippen LogP contribution < -0.4 is 0 Å². The van der Waals surface area contributed by atoms with Gasteiger partial charge in [-0.1, -0.05) is 73.7 Å². The lowest BCUT2D eigenvalue weighted by atomic mass is 9.96. The second kappa shape index (κ2) is 10.0. The molecule has 5 rings (SSSR count). The van der Waals surface area contributed by atoms with E-state index in [1.165, 1.54) is 27.8 Å². The maximum Gasteiger partial charge on any atom is 0.0966 e. The first-order valence-corrected chi connectivity index (χ1v) is 11.9. The van der Waals surface area contributed by atoms with Crippen LogP contribution in [-0.2, 0) is 11.3 Å². The highest BCUT2D eigenvalue weighted by atomic mass is 16.5. The molecule has 3 heteroatoms. The van der Waals surface area contributed by atoms with Crippen molar-refractivity contribution < 1.29 is 4.74 Å². The van der Waals surface area contributed by atoms with Crippen molar-refractivity contribution in [3.8, 4) is 5.69 Å². The lowest BCUT2D eigenvalue weighted by Crippen LogP contribution is -2.04. The summed E-state index contributed by atoms with van der Waals surface area (Å²) in [5.41, 5.74) is 7.03. The van der Waals surface area contributed by atoms with E-state index in [9.17, 15) is 0 Å². The molecule has 2 aromatic heterocycles. The molecule has 0 radical (unpaired) electrons. The Labute approximate surface area is 195 Å². The van der Waals surface area contributed by atoms with Crippen LogP contribution in [0.4, 0.5) is 0 Å². The highest BCUT2D eigenvalue weighted by Gasteiger charge is 2.17. The minimum absolute atomic E-state index is 0.438. The van der Waals surface area contributed by atoms with Gasteiger partial charge < -0.3 is 9.30 Å². The SMILES string of the molecule is CCC(CCCOCc1ccccc1)c1ccc2c(n1)c1ccccc1n2-c1ccccc1. The van der Waals surface area contributed by atoms with Crippen LogP contribution in [0.2, 0.25) is 0 Å². The second-order valence-electron chi connectivity index (χ2n) is 8.58. The van der Waals surface area contributed by atoms with Crippen molar-refractivity contribution in [1.82, 2.24) is 9.55 Å². The summed E-state index contributed by atoms with van der Waals surface area (Å²) < 4.78 is 8.23. The van der Waals surface area contributed by atoms with Crippen LogP contribution in [0.3, 0.4) is 0 Å². The zero-order valence-corrected chi connectivity index (χ0v) is 19.2. The maximum atomic E-state index is 5.91. The zero-order valence-electron chi connectivity index (χ0n) is 19.2. The van der Waals surface area contributed by atoms with Crippen molar-refractivity contribution in [1.29, 1.82) is 0 Å². The van der Waals surface area contributed by atoms with E-state index in [0.29, 0.717) is 12.5 Å². The number of ether oxygens (including phenoxy) is 1. The van der Waals surface area contributed by atoms with Gasteiger partial charge in [0.15, 0.2) is 0 Å². The molecule has 0 aliphatic heterocycles. The number of pyridine rings is 1. The molecule has 33 heavy (non-hydrogen) atoms. The third-order valence-corrected chi connectivity index (χ3v) is 6.41. The van der Waals surface area contributed by atoms with Crippen LogP contribution in [0.25, 0.3) is 27.6 Å². The number of para-hydroxylation sites is 2. The van der Waals surface area contributed by atoms with Crippen LogP contribution in [-0.4, -0.2) is 16.2 Å². The molecule has 0 saturated carbocycles. The Morgan fingerprint density at radius 3 is 2.30 bits per heavy atom. The Hall–Kier alpha value is -3.43.